The van der Waals surface area contributed by atoms with Gasteiger partial charge >= 0.3 is 0 Å². The molecule has 1 aliphatic carbocycles. The Balaban J connectivity index is 2.34. The van der Waals surface area contributed by atoms with E-state index in [9.17, 15) is 0 Å². The molecular formula is C15H20. The van der Waals surface area contributed by atoms with Gasteiger partial charge in [0.15, 0.2) is 0 Å². The molecule has 1 aliphatic rings. The van der Waals surface area contributed by atoms with Gasteiger partial charge in [0, 0.05) is 0 Å². The van der Waals surface area contributed by atoms with Crippen molar-refractivity contribution in [2.75, 3.05) is 0 Å². The smallest absolute Gasteiger partial charge is 0.00553 e. The maximum Gasteiger partial charge on any atom is -0.00553 e. The van der Waals surface area contributed by atoms with E-state index in [-0.39, 0.29) is 0 Å². The van der Waals surface area contributed by atoms with Crippen LogP contribution in [0.4, 0.5) is 0 Å². The van der Waals surface area contributed by atoms with E-state index in [1.807, 2.05) is 0 Å². The molecule has 0 aromatic heterocycles. The molecule has 0 saturated heterocycles. The molecule has 1 aromatic carbocycles. The van der Waals surface area contributed by atoms with E-state index < -0.39 is 0 Å². The molecule has 15 heavy (non-hydrogen) atoms. The van der Waals surface area contributed by atoms with Gasteiger partial charge in [0.1, 0.15) is 0 Å². The Morgan fingerprint density at radius 3 is 2.33 bits per heavy atom. The third-order valence-electron chi connectivity index (χ3n) is 3.31. The Morgan fingerprint density at radius 1 is 1.00 bits per heavy atom. The van der Waals surface area contributed by atoms with Gasteiger partial charge in [-0.05, 0) is 34.9 Å². The Bertz CT molecular complexity index is 394. The first-order chi connectivity index (χ1) is 7.08. The monoisotopic (exact) mass is 200 g/mol. The van der Waals surface area contributed by atoms with E-state index in [1.165, 1.54) is 16.7 Å². The van der Waals surface area contributed by atoms with Crippen molar-refractivity contribution in [2.24, 2.45) is 5.92 Å². The third-order valence-corrected chi connectivity index (χ3v) is 3.31. The summed E-state index contributed by atoms with van der Waals surface area (Å²) in [4.78, 5) is 0. The second-order valence-corrected chi connectivity index (χ2v) is 5.16. The molecule has 0 spiro atoms. The Kier molecular flexibility index (Phi) is 2.68. The van der Waals surface area contributed by atoms with Crippen LogP contribution in [-0.4, -0.2) is 0 Å². The van der Waals surface area contributed by atoms with Crippen molar-refractivity contribution < 1.29 is 0 Å². The third kappa shape index (κ3) is 1.99. The first kappa shape index (κ1) is 10.5. The highest BCUT2D eigenvalue weighted by atomic mass is 14.2. The zero-order valence-corrected chi connectivity index (χ0v) is 10.2. The van der Waals surface area contributed by atoms with Gasteiger partial charge < -0.3 is 0 Å². The summed E-state index contributed by atoms with van der Waals surface area (Å²) < 4.78 is 0. The van der Waals surface area contributed by atoms with E-state index in [0.29, 0.717) is 11.8 Å². The number of fused-ring (bicyclic) bond motifs is 1. The summed E-state index contributed by atoms with van der Waals surface area (Å²) in [6.45, 7) is 9.07. The van der Waals surface area contributed by atoms with Gasteiger partial charge in [0.25, 0.3) is 0 Å². The largest absolute Gasteiger partial charge is 0.0626 e. The summed E-state index contributed by atoms with van der Waals surface area (Å²) in [7, 11) is 0. The zero-order valence-electron chi connectivity index (χ0n) is 10.2. The van der Waals surface area contributed by atoms with E-state index in [2.05, 4.69) is 52.0 Å². The fourth-order valence-corrected chi connectivity index (χ4v) is 2.11. The van der Waals surface area contributed by atoms with E-state index >= 15 is 0 Å². The Labute approximate surface area is 93.0 Å². The van der Waals surface area contributed by atoms with Crippen molar-refractivity contribution in [3.05, 3.63) is 40.5 Å². The van der Waals surface area contributed by atoms with Crippen molar-refractivity contribution in [1.82, 2.24) is 0 Å². The number of allylic oxidation sites excluding steroid dienone is 1. The molecule has 2 rings (SSSR count). The van der Waals surface area contributed by atoms with Gasteiger partial charge in [-0.1, -0.05) is 57.5 Å². The SMILES string of the molecule is CC(C)C1=Cc2cc(C(C)C)ccc2C1. The summed E-state index contributed by atoms with van der Waals surface area (Å²) in [5, 5.41) is 0. The molecular weight excluding hydrogens is 180 g/mol. The summed E-state index contributed by atoms with van der Waals surface area (Å²) in [5.41, 5.74) is 5.98. The lowest BCUT2D eigenvalue weighted by molar-refractivity contribution is 0.754. The van der Waals surface area contributed by atoms with Gasteiger partial charge in [-0.2, -0.15) is 0 Å². The van der Waals surface area contributed by atoms with Crippen molar-refractivity contribution in [1.29, 1.82) is 0 Å². The maximum absolute atomic E-state index is 2.38. The molecule has 0 fully saturated rings. The zero-order chi connectivity index (χ0) is 11.0. The minimum Gasteiger partial charge on any atom is -0.0626 e. The molecule has 1 aromatic rings. The van der Waals surface area contributed by atoms with Gasteiger partial charge in [-0.15, -0.1) is 0 Å². The Morgan fingerprint density at radius 2 is 1.73 bits per heavy atom. The highest BCUT2D eigenvalue weighted by Gasteiger charge is 2.15. The number of benzene rings is 1. The van der Waals surface area contributed by atoms with E-state index in [1.54, 1.807) is 5.57 Å². The van der Waals surface area contributed by atoms with Crippen molar-refractivity contribution in [3.8, 4) is 0 Å². The van der Waals surface area contributed by atoms with Crippen LogP contribution in [0.5, 0.6) is 0 Å². The molecule has 0 atom stereocenters. The summed E-state index contributed by atoms with van der Waals surface area (Å²) in [6.07, 6.45) is 3.54. The topological polar surface area (TPSA) is 0 Å². The van der Waals surface area contributed by atoms with Crippen LogP contribution in [0.15, 0.2) is 23.8 Å². The van der Waals surface area contributed by atoms with Crippen LogP contribution in [0, 0.1) is 5.92 Å². The van der Waals surface area contributed by atoms with E-state index in [0.717, 1.165) is 6.42 Å². The van der Waals surface area contributed by atoms with E-state index in [4.69, 9.17) is 0 Å². The molecule has 0 heteroatoms. The lowest BCUT2D eigenvalue weighted by atomic mass is 9.98. The van der Waals surface area contributed by atoms with Crippen LogP contribution in [0.3, 0.4) is 0 Å². The molecule has 0 heterocycles. The highest BCUT2D eigenvalue weighted by Crippen LogP contribution is 2.31. The second kappa shape index (κ2) is 3.84. The number of rotatable bonds is 2. The standard InChI is InChI=1S/C15H20/c1-10(2)12-5-6-13-8-14(11(3)4)9-15(13)7-12/h5-7,9-11H,8H2,1-4H3. The highest BCUT2D eigenvalue weighted by molar-refractivity contribution is 5.65. The fraction of sp³-hybridized carbons (Fsp3) is 0.467. The molecule has 0 N–H and O–H groups in total. The molecule has 0 amide bonds. The summed E-state index contributed by atoms with van der Waals surface area (Å²) >= 11 is 0. The number of hydrogen-bond acceptors (Lipinski definition) is 0. The van der Waals surface area contributed by atoms with Crippen molar-refractivity contribution >= 4 is 6.08 Å². The predicted octanol–water partition coefficient (Wildman–Crippen LogP) is 4.41. The minimum atomic E-state index is 0.631. The normalized spacial score (nSPS) is 14.7. The summed E-state index contributed by atoms with van der Waals surface area (Å²) in [6, 6.07) is 6.94. The molecule has 0 bridgehead atoms. The van der Waals surface area contributed by atoms with Crippen LogP contribution in [0.25, 0.3) is 6.08 Å². The molecule has 80 valence electrons. The van der Waals surface area contributed by atoms with Crippen molar-refractivity contribution in [3.63, 3.8) is 0 Å². The average Bonchev–Trinajstić information content (AvgIpc) is 2.59. The average molecular weight is 200 g/mol. The number of hydrogen-bond donors (Lipinski definition) is 0. The van der Waals surface area contributed by atoms with Crippen LogP contribution in [0.2, 0.25) is 0 Å². The van der Waals surface area contributed by atoms with Gasteiger partial charge in [-0.25, -0.2) is 0 Å². The molecule has 0 unspecified atom stereocenters. The molecule has 0 nitrogen and oxygen atoms in total. The van der Waals surface area contributed by atoms with Crippen molar-refractivity contribution in [2.45, 2.75) is 40.0 Å². The maximum atomic E-state index is 2.38. The quantitative estimate of drug-likeness (QED) is 0.663. The molecule has 0 radical (unpaired) electrons. The van der Waals surface area contributed by atoms with Crippen LogP contribution in [0.1, 0.15) is 50.3 Å². The fourth-order valence-electron chi connectivity index (χ4n) is 2.11. The van der Waals surface area contributed by atoms with Gasteiger partial charge in [0.2, 0.25) is 0 Å². The molecule has 0 saturated carbocycles. The Hall–Kier alpha value is -1.04. The first-order valence-electron chi connectivity index (χ1n) is 5.91. The van der Waals surface area contributed by atoms with Crippen LogP contribution < -0.4 is 0 Å². The first-order valence-corrected chi connectivity index (χ1v) is 5.91. The second-order valence-electron chi connectivity index (χ2n) is 5.16. The molecule has 0 aliphatic heterocycles. The van der Waals surface area contributed by atoms with Crippen LogP contribution >= 0.6 is 0 Å². The van der Waals surface area contributed by atoms with Crippen LogP contribution in [-0.2, 0) is 6.42 Å². The predicted molar refractivity (Wildman–Crippen MR) is 67.1 cm³/mol. The minimum absolute atomic E-state index is 0.631. The van der Waals surface area contributed by atoms with Gasteiger partial charge in [0.05, 0.1) is 0 Å². The van der Waals surface area contributed by atoms with Gasteiger partial charge in [-0.3, -0.25) is 0 Å². The lowest BCUT2D eigenvalue weighted by Gasteiger charge is -2.07. The lowest BCUT2D eigenvalue weighted by Crippen LogP contribution is -1.93. The summed E-state index contributed by atoms with van der Waals surface area (Å²) in [5.74, 6) is 1.31.